The Bertz CT molecular complexity index is 685. The molecule has 18 heavy (non-hydrogen) atoms. The summed E-state index contributed by atoms with van der Waals surface area (Å²) in [5, 5.41) is 1.18. The fourth-order valence-electron chi connectivity index (χ4n) is 2.82. The van der Waals surface area contributed by atoms with Gasteiger partial charge in [-0.15, -0.1) is 0 Å². The molecule has 1 aliphatic carbocycles. The van der Waals surface area contributed by atoms with Crippen molar-refractivity contribution < 1.29 is 0 Å². The van der Waals surface area contributed by atoms with Crippen molar-refractivity contribution in [2.24, 2.45) is 5.41 Å². The SMILES string of the molecule is CC1(C)CCc2[nH]c3cccc(Cl)c3c(=O)c2C1. The Kier molecular flexibility index (Phi) is 2.53. The Labute approximate surface area is 111 Å². The molecule has 1 heterocycles. The number of fused-ring (bicyclic) bond motifs is 2. The van der Waals surface area contributed by atoms with Crippen LogP contribution in [-0.2, 0) is 12.8 Å². The maximum absolute atomic E-state index is 12.6. The molecule has 0 saturated heterocycles. The molecule has 0 unspecified atom stereocenters. The van der Waals surface area contributed by atoms with Crippen molar-refractivity contribution in [1.82, 2.24) is 4.98 Å². The summed E-state index contributed by atoms with van der Waals surface area (Å²) in [6.45, 7) is 4.43. The molecule has 0 atom stereocenters. The molecule has 0 fully saturated rings. The quantitative estimate of drug-likeness (QED) is 0.771. The molecule has 0 spiro atoms. The normalized spacial score (nSPS) is 17.7. The average Bonchev–Trinajstić information content (AvgIpc) is 2.30. The summed E-state index contributed by atoms with van der Waals surface area (Å²) in [6, 6.07) is 5.57. The van der Waals surface area contributed by atoms with Crippen LogP contribution in [0.1, 0.15) is 31.5 Å². The maximum Gasteiger partial charge on any atom is 0.194 e. The Morgan fingerprint density at radius 1 is 1.33 bits per heavy atom. The molecule has 1 N–H and O–H groups in total. The van der Waals surface area contributed by atoms with Crippen molar-refractivity contribution in [3.05, 3.63) is 44.7 Å². The number of nitrogens with one attached hydrogen (secondary N) is 1. The third-order valence-corrected chi connectivity index (χ3v) is 4.19. The van der Waals surface area contributed by atoms with Gasteiger partial charge in [-0.2, -0.15) is 0 Å². The number of hydrogen-bond acceptors (Lipinski definition) is 1. The zero-order valence-electron chi connectivity index (χ0n) is 10.6. The molecule has 0 amide bonds. The number of aromatic amines is 1. The number of aryl methyl sites for hydroxylation is 1. The van der Waals surface area contributed by atoms with Gasteiger partial charge in [0.15, 0.2) is 5.43 Å². The first kappa shape index (κ1) is 11.8. The van der Waals surface area contributed by atoms with Crippen molar-refractivity contribution in [1.29, 1.82) is 0 Å². The van der Waals surface area contributed by atoms with Gasteiger partial charge in [0.05, 0.1) is 15.9 Å². The van der Waals surface area contributed by atoms with Gasteiger partial charge < -0.3 is 4.98 Å². The second-order valence-electron chi connectivity index (χ2n) is 5.91. The number of benzene rings is 1. The Balaban J connectivity index is 2.35. The Morgan fingerprint density at radius 3 is 2.89 bits per heavy atom. The number of rotatable bonds is 0. The van der Waals surface area contributed by atoms with Crippen molar-refractivity contribution in [3.8, 4) is 0 Å². The summed E-state index contributed by atoms with van der Waals surface area (Å²) >= 11 is 6.16. The minimum absolute atomic E-state index is 0.108. The van der Waals surface area contributed by atoms with E-state index in [0.717, 1.165) is 36.0 Å². The summed E-state index contributed by atoms with van der Waals surface area (Å²) in [7, 11) is 0. The zero-order valence-corrected chi connectivity index (χ0v) is 11.4. The van der Waals surface area contributed by atoms with Gasteiger partial charge in [0.1, 0.15) is 0 Å². The summed E-state index contributed by atoms with van der Waals surface area (Å²) in [5.41, 5.74) is 3.18. The summed E-state index contributed by atoms with van der Waals surface area (Å²) in [6.07, 6.45) is 2.89. The van der Waals surface area contributed by atoms with E-state index in [1.54, 1.807) is 6.07 Å². The van der Waals surface area contributed by atoms with E-state index in [-0.39, 0.29) is 10.8 Å². The fourth-order valence-corrected chi connectivity index (χ4v) is 3.08. The highest BCUT2D eigenvalue weighted by Crippen LogP contribution is 2.33. The monoisotopic (exact) mass is 261 g/mol. The summed E-state index contributed by atoms with van der Waals surface area (Å²) in [4.78, 5) is 16.0. The van der Waals surface area contributed by atoms with Crippen LogP contribution in [0.25, 0.3) is 10.9 Å². The first-order valence-corrected chi connectivity index (χ1v) is 6.68. The average molecular weight is 262 g/mol. The lowest BCUT2D eigenvalue weighted by Gasteiger charge is -2.30. The topological polar surface area (TPSA) is 32.9 Å². The Hall–Kier alpha value is -1.28. The lowest BCUT2D eigenvalue weighted by Crippen LogP contribution is -2.28. The van der Waals surface area contributed by atoms with Crippen molar-refractivity contribution in [3.63, 3.8) is 0 Å². The van der Waals surface area contributed by atoms with Crippen LogP contribution in [-0.4, -0.2) is 4.98 Å². The minimum Gasteiger partial charge on any atom is -0.358 e. The highest BCUT2D eigenvalue weighted by molar-refractivity contribution is 6.35. The molecule has 1 aromatic heterocycles. The van der Waals surface area contributed by atoms with Gasteiger partial charge in [-0.05, 0) is 36.8 Å². The van der Waals surface area contributed by atoms with E-state index in [0.29, 0.717) is 10.4 Å². The van der Waals surface area contributed by atoms with E-state index in [2.05, 4.69) is 18.8 Å². The van der Waals surface area contributed by atoms with Crippen molar-refractivity contribution in [2.75, 3.05) is 0 Å². The van der Waals surface area contributed by atoms with E-state index in [1.165, 1.54) is 0 Å². The van der Waals surface area contributed by atoms with Gasteiger partial charge in [-0.25, -0.2) is 0 Å². The van der Waals surface area contributed by atoms with Gasteiger partial charge in [0.25, 0.3) is 0 Å². The molecule has 2 aromatic rings. The van der Waals surface area contributed by atoms with Crippen LogP contribution in [0, 0.1) is 5.41 Å². The lowest BCUT2D eigenvalue weighted by atomic mass is 9.75. The van der Waals surface area contributed by atoms with E-state index >= 15 is 0 Å². The summed E-state index contributed by atoms with van der Waals surface area (Å²) in [5.74, 6) is 0. The number of halogens is 1. The van der Waals surface area contributed by atoms with Gasteiger partial charge in [-0.3, -0.25) is 4.79 Å². The highest BCUT2D eigenvalue weighted by atomic mass is 35.5. The molecule has 0 saturated carbocycles. The van der Waals surface area contributed by atoms with Crippen LogP contribution in [0.4, 0.5) is 0 Å². The number of hydrogen-bond donors (Lipinski definition) is 1. The third-order valence-electron chi connectivity index (χ3n) is 3.87. The van der Waals surface area contributed by atoms with Gasteiger partial charge >= 0.3 is 0 Å². The molecule has 2 nitrogen and oxygen atoms in total. The summed E-state index contributed by atoms with van der Waals surface area (Å²) < 4.78 is 0. The highest BCUT2D eigenvalue weighted by Gasteiger charge is 2.28. The second kappa shape index (κ2) is 3.86. The predicted octanol–water partition coefficient (Wildman–Crippen LogP) is 3.70. The van der Waals surface area contributed by atoms with E-state index in [4.69, 9.17) is 11.6 Å². The van der Waals surface area contributed by atoms with Crippen molar-refractivity contribution >= 4 is 22.5 Å². The molecule has 3 heteroatoms. The van der Waals surface area contributed by atoms with Crippen LogP contribution >= 0.6 is 11.6 Å². The van der Waals surface area contributed by atoms with Crippen LogP contribution in [0.15, 0.2) is 23.0 Å². The van der Waals surface area contributed by atoms with Crippen LogP contribution in [0.5, 0.6) is 0 Å². The molecule has 3 rings (SSSR count). The first-order chi connectivity index (χ1) is 8.48. The fraction of sp³-hybridized carbons (Fsp3) is 0.400. The second-order valence-corrected chi connectivity index (χ2v) is 6.32. The molecule has 1 aromatic carbocycles. The van der Waals surface area contributed by atoms with E-state index in [9.17, 15) is 4.79 Å². The molecule has 0 bridgehead atoms. The van der Waals surface area contributed by atoms with Gasteiger partial charge in [0.2, 0.25) is 0 Å². The predicted molar refractivity (Wildman–Crippen MR) is 75.4 cm³/mol. The first-order valence-electron chi connectivity index (χ1n) is 6.30. The standard InChI is InChI=1S/C15H16ClNO/c1-15(2)7-6-11-9(8-15)14(18)13-10(16)4-3-5-12(13)17-11/h3-5H,6-8H2,1-2H3,(H,17,18). The number of pyridine rings is 1. The molecule has 1 aliphatic rings. The molecular weight excluding hydrogens is 246 g/mol. The molecule has 0 aliphatic heterocycles. The number of H-pyrrole nitrogens is 1. The lowest BCUT2D eigenvalue weighted by molar-refractivity contribution is 0.312. The van der Waals surface area contributed by atoms with Gasteiger partial charge in [0, 0.05) is 11.3 Å². The number of aromatic nitrogens is 1. The molecule has 0 radical (unpaired) electrons. The zero-order chi connectivity index (χ0) is 12.9. The van der Waals surface area contributed by atoms with Crippen LogP contribution in [0.3, 0.4) is 0 Å². The van der Waals surface area contributed by atoms with E-state index < -0.39 is 0 Å². The van der Waals surface area contributed by atoms with Gasteiger partial charge in [-0.1, -0.05) is 31.5 Å². The molecular formula is C15H16ClNO. The smallest absolute Gasteiger partial charge is 0.194 e. The minimum atomic E-state index is 0.108. The third kappa shape index (κ3) is 1.76. The Morgan fingerprint density at radius 2 is 2.11 bits per heavy atom. The van der Waals surface area contributed by atoms with Crippen molar-refractivity contribution in [2.45, 2.75) is 33.1 Å². The van der Waals surface area contributed by atoms with E-state index in [1.807, 2.05) is 12.1 Å². The largest absolute Gasteiger partial charge is 0.358 e. The molecule has 94 valence electrons. The van der Waals surface area contributed by atoms with Crippen LogP contribution < -0.4 is 5.43 Å². The van der Waals surface area contributed by atoms with Crippen LogP contribution in [0.2, 0.25) is 5.02 Å². The maximum atomic E-state index is 12.6.